The standard InChI is InChI=1S/C17H23F3N2O5/c1-15(27,7-13(24)25)6-12(23)21-11-5-10-4-9(11)8-22(10)14(26)16(2-3-16)17(18,19)20/h9-11,27H,2-8H2,1H3,(H,21,23)(H,24,25)/t9-,10-,11+,15?/m1/s1. The lowest BCUT2D eigenvalue weighted by molar-refractivity contribution is -0.199. The van der Waals surface area contributed by atoms with Crippen molar-refractivity contribution in [1.82, 2.24) is 10.2 Å². The number of carbonyl (C=O) groups is 3. The number of nitrogens with zero attached hydrogens (tertiary/aromatic N) is 1. The number of carbonyl (C=O) groups excluding carboxylic acids is 2. The monoisotopic (exact) mass is 392 g/mol. The quantitative estimate of drug-likeness (QED) is 0.626. The molecule has 27 heavy (non-hydrogen) atoms. The number of alkyl halides is 3. The minimum absolute atomic E-state index is 0.128. The number of hydrogen-bond acceptors (Lipinski definition) is 4. The first-order valence-corrected chi connectivity index (χ1v) is 8.96. The van der Waals surface area contributed by atoms with Crippen molar-refractivity contribution < 1.29 is 37.8 Å². The van der Waals surface area contributed by atoms with E-state index in [9.17, 15) is 32.7 Å². The molecule has 2 bridgehead atoms. The number of amides is 2. The van der Waals surface area contributed by atoms with Crippen LogP contribution in [0.25, 0.3) is 0 Å². The second kappa shape index (κ2) is 6.35. The van der Waals surface area contributed by atoms with E-state index in [1.54, 1.807) is 0 Å². The van der Waals surface area contributed by atoms with Crippen molar-refractivity contribution in [3.8, 4) is 0 Å². The number of aliphatic hydroxyl groups is 1. The van der Waals surface area contributed by atoms with Crippen LogP contribution in [0.3, 0.4) is 0 Å². The number of likely N-dealkylation sites (tertiary alicyclic amines) is 1. The highest BCUT2D eigenvalue weighted by Gasteiger charge is 2.70. The number of fused-ring (bicyclic) bond motifs is 2. The Labute approximate surface area is 153 Å². The predicted octanol–water partition coefficient (Wildman–Crippen LogP) is 1.05. The van der Waals surface area contributed by atoms with E-state index in [1.807, 2.05) is 0 Å². The molecule has 0 aromatic carbocycles. The lowest BCUT2D eigenvalue weighted by Crippen LogP contribution is -2.52. The third-order valence-corrected chi connectivity index (χ3v) is 5.92. The maximum Gasteiger partial charge on any atom is 0.403 e. The molecule has 3 aliphatic rings. The Morgan fingerprint density at radius 3 is 2.26 bits per heavy atom. The molecule has 2 saturated carbocycles. The number of carboxylic acids is 1. The lowest BCUT2D eigenvalue weighted by Gasteiger charge is -2.35. The molecular formula is C17H23F3N2O5. The number of piperidine rings is 1. The summed E-state index contributed by atoms with van der Waals surface area (Å²) in [6, 6.07) is -0.611. The molecule has 3 N–H and O–H groups in total. The van der Waals surface area contributed by atoms with Gasteiger partial charge in [0.1, 0.15) is 5.41 Å². The molecule has 152 valence electrons. The van der Waals surface area contributed by atoms with Crippen LogP contribution in [0.15, 0.2) is 0 Å². The number of nitrogens with one attached hydrogen (secondary N) is 1. The summed E-state index contributed by atoms with van der Waals surface area (Å²) in [5.41, 5.74) is -3.90. The molecule has 1 heterocycles. The molecule has 10 heteroatoms. The molecular weight excluding hydrogens is 369 g/mol. The Bertz CT molecular complexity index is 659. The van der Waals surface area contributed by atoms with Crippen molar-refractivity contribution in [2.75, 3.05) is 6.54 Å². The zero-order chi connectivity index (χ0) is 20.2. The minimum atomic E-state index is -4.53. The Morgan fingerprint density at radius 2 is 1.81 bits per heavy atom. The van der Waals surface area contributed by atoms with Crippen LogP contribution in [0, 0.1) is 11.3 Å². The number of aliphatic carboxylic acids is 1. The summed E-state index contributed by atoms with van der Waals surface area (Å²) in [6.45, 7) is 1.44. The number of halogens is 3. The van der Waals surface area contributed by atoms with Crippen LogP contribution in [0.1, 0.15) is 45.4 Å². The predicted molar refractivity (Wildman–Crippen MR) is 85.4 cm³/mol. The highest BCUT2D eigenvalue weighted by molar-refractivity contribution is 5.87. The zero-order valence-electron chi connectivity index (χ0n) is 14.9. The topological polar surface area (TPSA) is 107 Å². The van der Waals surface area contributed by atoms with Crippen LogP contribution in [0.5, 0.6) is 0 Å². The Kier molecular flexibility index (Phi) is 4.69. The van der Waals surface area contributed by atoms with Crippen LogP contribution in [-0.4, -0.2) is 63.3 Å². The fourth-order valence-corrected chi connectivity index (χ4v) is 4.39. The van der Waals surface area contributed by atoms with Crippen LogP contribution < -0.4 is 5.32 Å². The van der Waals surface area contributed by atoms with Crippen molar-refractivity contribution in [3.05, 3.63) is 0 Å². The summed E-state index contributed by atoms with van der Waals surface area (Å²) in [5, 5.41) is 21.4. The van der Waals surface area contributed by atoms with Gasteiger partial charge in [-0.05, 0) is 38.5 Å². The maximum absolute atomic E-state index is 13.2. The first-order chi connectivity index (χ1) is 12.3. The molecule has 3 fully saturated rings. The molecule has 1 saturated heterocycles. The minimum Gasteiger partial charge on any atom is -0.481 e. The van der Waals surface area contributed by atoms with Gasteiger partial charge in [0.25, 0.3) is 0 Å². The number of hydrogen-bond donors (Lipinski definition) is 3. The van der Waals surface area contributed by atoms with Crippen LogP contribution in [0.4, 0.5) is 13.2 Å². The van der Waals surface area contributed by atoms with Gasteiger partial charge in [-0.3, -0.25) is 14.4 Å². The second-order valence-electron chi connectivity index (χ2n) is 8.34. The van der Waals surface area contributed by atoms with Gasteiger partial charge in [0.05, 0.1) is 18.4 Å². The van der Waals surface area contributed by atoms with Gasteiger partial charge in [0.2, 0.25) is 11.8 Å². The van der Waals surface area contributed by atoms with E-state index < -0.39 is 41.4 Å². The molecule has 0 spiro atoms. The maximum atomic E-state index is 13.2. The van der Waals surface area contributed by atoms with Gasteiger partial charge >= 0.3 is 12.1 Å². The van der Waals surface area contributed by atoms with E-state index in [4.69, 9.17) is 5.11 Å². The third-order valence-electron chi connectivity index (χ3n) is 5.92. The van der Waals surface area contributed by atoms with E-state index in [1.165, 1.54) is 11.8 Å². The van der Waals surface area contributed by atoms with Crippen molar-refractivity contribution in [3.63, 3.8) is 0 Å². The van der Waals surface area contributed by atoms with Gasteiger partial charge in [-0.1, -0.05) is 0 Å². The Hall–Kier alpha value is -1.84. The van der Waals surface area contributed by atoms with Gasteiger partial charge in [-0.15, -0.1) is 0 Å². The summed E-state index contributed by atoms with van der Waals surface area (Å²) in [4.78, 5) is 36.5. The van der Waals surface area contributed by atoms with Gasteiger partial charge < -0.3 is 20.4 Å². The molecule has 1 aliphatic heterocycles. The zero-order valence-corrected chi connectivity index (χ0v) is 14.9. The fraction of sp³-hybridized carbons (Fsp3) is 0.824. The van der Waals surface area contributed by atoms with Crippen LogP contribution in [-0.2, 0) is 14.4 Å². The second-order valence-corrected chi connectivity index (χ2v) is 8.34. The molecule has 2 aliphatic carbocycles. The lowest BCUT2D eigenvalue weighted by atomic mass is 9.96. The molecule has 3 rings (SSSR count). The van der Waals surface area contributed by atoms with Gasteiger partial charge in [0.15, 0.2) is 0 Å². The first kappa shape index (κ1) is 19.9. The average molecular weight is 392 g/mol. The Morgan fingerprint density at radius 1 is 1.19 bits per heavy atom. The molecule has 2 amide bonds. The molecule has 0 radical (unpaired) electrons. The van der Waals surface area contributed by atoms with Crippen molar-refractivity contribution in [2.45, 2.75) is 69.3 Å². The van der Waals surface area contributed by atoms with Crippen molar-refractivity contribution in [1.29, 1.82) is 0 Å². The molecule has 1 unspecified atom stereocenters. The summed E-state index contributed by atoms with van der Waals surface area (Å²) in [6.07, 6.45) is -4.90. The largest absolute Gasteiger partial charge is 0.481 e. The van der Waals surface area contributed by atoms with Crippen molar-refractivity contribution >= 4 is 17.8 Å². The van der Waals surface area contributed by atoms with E-state index in [0.29, 0.717) is 12.8 Å². The molecule has 7 nitrogen and oxygen atoms in total. The van der Waals surface area contributed by atoms with Crippen molar-refractivity contribution in [2.24, 2.45) is 11.3 Å². The van der Waals surface area contributed by atoms with Crippen LogP contribution in [0.2, 0.25) is 0 Å². The van der Waals surface area contributed by atoms with E-state index in [0.717, 1.165) is 0 Å². The average Bonchev–Trinajstić information content (AvgIpc) is 3.09. The SMILES string of the molecule is CC(O)(CC(=O)O)CC(=O)N[C@H]1C[C@H]2C[C@@H]1CN2C(=O)C1(C(F)(F)F)CC1. The van der Waals surface area contributed by atoms with Gasteiger partial charge in [-0.2, -0.15) is 13.2 Å². The summed E-state index contributed by atoms with van der Waals surface area (Å²) >= 11 is 0. The smallest absolute Gasteiger partial charge is 0.403 e. The number of carboxylic acid groups (broad SMARTS) is 1. The van der Waals surface area contributed by atoms with E-state index >= 15 is 0 Å². The van der Waals surface area contributed by atoms with Gasteiger partial charge in [0, 0.05) is 18.6 Å². The first-order valence-electron chi connectivity index (χ1n) is 8.96. The van der Waals surface area contributed by atoms with Gasteiger partial charge in [-0.25, -0.2) is 0 Å². The van der Waals surface area contributed by atoms with E-state index in [-0.39, 0.29) is 43.8 Å². The summed E-state index contributed by atoms with van der Waals surface area (Å²) in [5.74, 6) is -2.71. The van der Waals surface area contributed by atoms with E-state index in [2.05, 4.69) is 5.32 Å². The molecule has 0 aromatic rings. The summed E-state index contributed by atoms with van der Waals surface area (Å²) < 4.78 is 39.5. The normalized spacial score (nSPS) is 30.7. The summed E-state index contributed by atoms with van der Waals surface area (Å²) in [7, 11) is 0. The third kappa shape index (κ3) is 3.76. The molecule has 4 atom stereocenters. The highest BCUT2D eigenvalue weighted by Crippen LogP contribution is 2.59. The molecule has 0 aromatic heterocycles. The van der Waals surface area contributed by atoms with Crippen LogP contribution >= 0.6 is 0 Å². The fourth-order valence-electron chi connectivity index (χ4n) is 4.39. The highest BCUT2D eigenvalue weighted by atomic mass is 19.4. The Balaban J connectivity index is 1.54. The number of rotatable bonds is 6.